The van der Waals surface area contributed by atoms with Gasteiger partial charge in [-0.25, -0.2) is 0 Å². The third kappa shape index (κ3) is 3.95. The van der Waals surface area contributed by atoms with E-state index < -0.39 is 5.54 Å². The lowest BCUT2D eigenvalue weighted by molar-refractivity contribution is -0.150. The highest BCUT2D eigenvalue weighted by Gasteiger charge is 2.49. The minimum absolute atomic E-state index is 0.0620. The van der Waals surface area contributed by atoms with Crippen LogP contribution in [0.15, 0.2) is 0 Å². The van der Waals surface area contributed by atoms with E-state index in [4.69, 9.17) is 4.74 Å². The van der Waals surface area contributed by atoms with Gasteiger partial charge in [-0.05, 0) is 57.8 Å². The minimum atomic E-state index is -0.433. The highest BCUT2D eigenvalue weighted by molar-refractivity contribution is 5.81. The fraction of sp³-hybridized carbons (Fsp3) is 0.938. The lowest BCUT2D eigenvalue weighted by Crippen LogP contribution is -2.56. The van der Waals surface area contributed by atoms with Crippen LogP contribution in [0.1, 0.15) is 52.9 Å². The molecule has 0 aromatic heterocycles. The zero-order valence-corrected chi connectivity index (χ0v) is 13.7. The van der Waals surface area contributed by atoms with Crippen LogP contribution in [0.4, 0.5) is 0 Å². The average Bonchev–Trinajstić information content (AvgIpc) is 2.89. The third-order valence-electron chi connectivity index (χ3n) is 4.75. The van der Waals surface area contributed by atoms with Gasteiger partial charge < -0.3 is 15.0 Å². The number of nitrogens with one attached hydrogen (secondary N) is 1. The quantitative estimate of drug-likeness (QED) is 0.660. The van der Waals surface area contributed by atoms with E-state index in [0.29, 0.717) is 5.92 Å². The van der Waals surface area contributed by atoms with E-state index in [2.05, 4.69) is 31.0 Å². The summed E-state index contributed by atoms with van der Waals surface area (Å²) in [6.45, 7) is 10.6. The van der Waals surface area contributed by atoms with Crippen molar-refractivity contribution in [2.24, 2.45) is 5.92 Å². The molecule has 0 saturated heterocycles. The molecule has 0 aliphatic heterocycles. The Morgan fingerprint density at radius 3 is 2.60 bits per heavy atom. The lowest BCUT2D eigenvalue weighted by Gasteiger charge is -2.35. The molecular formula is C16H32N2O2. The van der Waals surface area contributed by atoms with Crippen LogP contribution < -0.4 is 5.32 Å². The first kappa shape index (κ1) is 17.4. The molecule has 1 aliphatic rings. The molecule has 4 nitrogen and oxygen atoms in total. The summed E-state index contributed by atoms with van der Waals surface area (Å²) in [5, 5.41) is 3.51. The Morgan fingerprint density at radius 1 is 1.35 bits per heavy atom. The molecule has 0 amide bonds. The molecule has 0 heterocycles. The van der Waals surface area contributed by atoms with Crippen molar-refractivity contribution < 1.29 is 9.53 Å². The number of esters is 1. The molecule has 4 heteroatoms. The molecule has 2 unspecified atom stereocenters. The predicted molar refractivity (Wildman–Crippen MR) is 82.8 cm³/mol. The van der Waals surface area contributed by atoms with Crippen molar-refractivity contribution in [1.82, 2.24) is 10.2 Å². The molecule has 1 saturated carbocycles. The summed E-state index contributed by atoms with van der Waals surface area (Å²) in [5.41, 5.74) is -0.433. The lowest BCUT2D eigenvalue weighted by atomic mass is 9.84. The van der Waals surface area contributed by atoms with Crippen LogP contribution in [0.5, 0.6) is 0 Å². The Balaban J connectivity index is 2.72. The molecule has 0 aromatic carbocycles. The highest BCUT2D eigenvalue weighted by Crippen LogP contribution is 2.39. The number of carbonyl (C=O) groups excluding carboxylic acids is 1. The number of hydrogen-bond donors (Lipinski definition) is 1. The highest BCUT2D eigenvalue weighted by atomic mass is 16.5. The van der Waals surface area contributed by atoms with Crippen LogP contribution in [0.3, 0.4) is 0 Å². The normalized spacial score (nSPS) is 26.1. The molecule has 2 atom stereocenters. The van der Waals surface area contributed by atoms with Crippen LogP contribution in [0, 0.1) is 5.92 Å². The Bertz CT molecular complexity index is 292. The van der Waals surface area contributed by atoms with Crippen molar-refractivity contribution in [3.8, 4) is 0 Å². The van der Waals surface area contributed by atoms with Crippen LogP contribution in [0.25, 0.3) is 0 Å². The van der Waals surface area contributed by atoms with Crippen LogP contribution in [-0.4, -0.2) is 49.7 Å². The summed E-state index contributed by atoms with van der Waals surface area (Å²) in [4.78, 5) is 14.8. The zero-order chi connectivity index (χ0) is 15.0. The number of nitrogens with zero attached hydrogens (tertiary/aromatic N) is 1. The van der Waals surface area contributed by atoms with Crippen LogP contribution in [0.2, 0.25) is 0 Å². The van der Waals surface area contributed by atoms with Gasteiger partial charge in [0.2, 0.25) is 0 Å². The minimum Gasteiger partial charge on any atom is -0.468 e. The van der Waals surface area contributed by atoms with Crippen LogP contribution >= 0.6 is 0 Å². The summed E-state index contributed by atoms with van der Waals surface area (Å²) in [7, 11) is 1.51. The van der Waals surface area contributed by atoms with E-state index in [9.17, 15) is 4.79 Å². The molecule has 1 rings (SSSR count). The van der Waals surface area contributed by atoms with E-state index in [-0.39, 0.29) is 5.97 Å². The number of methoxy groups -OCH3 is 1. The maximum atomic E-state index is 12.3. The van der Waals surface area contributed by atoms with E-state index in [0.717, 1.165) is 58.3 Å². The Hall–Kier alpha value is -0.610. The second-order valence-corrected chi connectivity index (χ2v) is 5.79. The van der Waals surface area contributed by atoms with Crippen molar-refractivity contribution in [2.75, 3.05) is 33.3 Å². The maximum Gasteiger partial charge on any atom is 0.326 e. The molecular weight excluding hydrogens is 252 g/mol. The number of ether oxygens (including phenoxy) is 1. The summed E-state index contributed by atoms with van der Waals surface area (Å²) < 4.78 is 5.11. The van der Waals surface area contributed by atoms with Gasteiger partial charge in [0.05, 0.1) is 7.11 Å². The number of rotatable bonds is 9. The second kappa shape index (κ2) is 8.63. The summed E-state index contributed by atoms with van der Waals surface area (Å²) in [6.07, 6.45) is 5.29. The molecule has 1 aliphatic carbocycles. The van der Waals surface area contributed by atoms with E-state index in [1.807, 2.05) is 0 Å². The molecule has 1 N–H and O–H groups in total. The Labute approximate surface area is 124 Å². The van der Waals surface area contributed by atoms with Gasteiger partial charge in [-0.15, -0.1) is 0 Å². The van der Waals surface area contributed by atoms with Gasteiger partial charge in [-0.3, -0.25) is 4.79 Å². The molecule has 1 fully saturated rings. The Kier molecular flexibility index (Phi) is 7.52. The standard InChI is InChI=1S/C16H32N2O2/c1-5-12-17-16(15(19)20-4)11-8-9-14(16)10-13-18(6-2)7-3/h14,17H,5-13H2,1-4H3. The predicted octanol–water partition coefficient (Wildman–Crippen LogP) is 2.43. The average molecular weight is 284 g/mol. The topological polar surface area (TPSA) is 41.6 Å². The fourth-order valence-electron chi connectivity index (χ4n) is 3.45. The molecule has 0 aromatic rings. The number of carbonyl (C=O) groups is 1. The van der Waals surface area contributed by atoms with Gasteiger partial charge in [0, 0.05) is 0 Å². The maximum absolute atomic E-state index is 12.3. The van der Waals surface area contributed by atoms with Gasteiger partial charge >= 0.3 is 5.97 Å². The monoisotopic (exact) mass is 284 g/mol. The van der Waals surface area contributed by atoms with Crippen molar-refractivity contribution in [2.45, 2.75) is 58.4 Å². The molecule has 0 bridgehead atoms. The van der Waals surface area contributed by atoms with Crippen molar-refractivity contribution >= 4 is 5.97 Å². The molecule has 118 valence electrons. The first-order valence-corrected chi connectivity index (χ1v) is 8.20. The smallest absolute Gasteiger partial charge is 0.326 e. The Morgan fingerprint density at radius 2 is 2.05 bits per heavy atom. The molecule has 0 spiro atoms. The van der Waals surface area contributed by atoms with E-state index in [1.165, 1.54) is 7.11 Å². The van der Waals surface area contributed by atoms with Crippen LogP contribution in [-0.2, 0) is 9.53 Å². The zero-order valence-electron chi connectivity index (χ0n) is 13.7. The second-order valence-electron chi connectivity index (χ2n) is 5.79. The van der Waals surface area contributed by atoms with Gasteiger partial charge in [-0.2, -0.15) is 0 Å². The fourth-order valence-corrected chi connectivity index (χ4v) is 3.45. The summed E-state index contributed by atoms with van der Waals surface area (Å²) in [5.74, 6) is 0.343. The largest absolute Gasteiger partial charge is 0.468 e. The van der Waals surface area contributed by atoms with Gasteiger partial charge in [0.15, 0.2) is 0 Å². The first-order valence-electron chi connectivity index (χ1n) is 8.20. The van der Waals surface area contributed by atoms with Gasteiger partial charge in [0.25, 0.3) is 0 Å². The van der Waals surface area contributed by atoms with Crippen molar-refractivity contribution in [1.29, 1.82) is 0 Å². The first-order chi connectivity index (χ1) is 9.64. The SMILES string of the molecule is CCCNC1(C(=O)OC)CCCC1CCN(CC)CC. The summed E-state index contributed by atoms with van der Waals surface area (Å²) >= 11 is 0. The van der Waals surface area contributed by atoms with E-state index >= 15 is 0 Å². The van der Waals surface area contributed by atoms with Gasteiger partial charge in [-0.1, -0.05) is 27.2 Å². The molecule has 0 radical (unpaired) electrons. The number of hydrogen-bond acceptors (Lipinski definition) is 4. The van der Waals surface area contributed by atoms with E-state index in [1.54, 1.807) is 0 Å². The van der Waals surface area contributed by atoms with Crippen molar-refractivity contribution in [3.63, 3.8) is 0 Å². The third-order valence-corrected chi connectivity index (χ3v) is 4.75. The summed E-state index contributed by atoms with van der Waals surface area (Å²) in [6, 6.07) is 0. The van der Waals surface area contributed by atoms with Crippen molar-refractivity contribution in [3.05, 3.63) is 0 Å². The van der Waals surface area contributed by atoms with Gasteiger partial charge in [0.1, 0.15) is 5.54 Å². The molecule has 20 heavy (non-hydrogen) atoms.